The molecule has 7 heteroatoms. The monoisotopic (exact) mass is 332 g/mol. The van der Waals surface area contributed by atoms with E-state index >= 15 is 0 Å². The van der Waals surface area contributed by atoms with Crippen LogP contribution < -0.4 is 10.6 Å². The smallest absolute Gasteiger partial charge is 0.227 e. The standard InChI is InChI=1S/C17H21FN4O2/c1-10(2)17-21-15(24-22-17)6-5-14(23)20-13-4-3-11-9-19-8-7-12(11)16(13)18/h3-4,10,19H,5-9H2,1-2H3,(H,20,23). The Hall–Kier alpha value is -2.28. The minimum atomic E-state index is -0.331. The van der Waals surface area contributed by atoms with Crippen LogP contribution in [0.15, 0.2) is 16.7 Å². The summed E-state index contributed by atoms with van der Waals surface area (Å²) < 4.78 is 19.6. The number of benzene rings is 1. The number of rotatable bonds is 5. The lowest BCUT2D eigenvalue weighted by atomic mass is 9.99. The first-order valence-electron chi connectivity index (χ1n) is 8.18. The number of hydrogen-bond donors (Lipinski definition) is 2. The van der Waals surface area contributed by atoms with Crippen molar-refractivity contribution in [1.82, 2.24) is 15.5 Å². The van der Waals surface area contributed by atoms with Gasteiger partial charge in [-0.1, -0.05) is 25.1 Å². The van der Waals surface area contributed by atoms with Gasteiger partial charge in [-0.25, -0.2) is 4.39 Å². The van der Waals surface area contributed by atoms with Crippen LogP contribution in [0.5, 0.6) is 0 Å². The highest BCUT2D eigenvalue weighted by molar-refractivity contribution is 5.91. The van der Waals surface area contributed by atoms with E-state index in [1.54, 1.807) is 6.07 Å². The zero-order chi connectivity index (χ0) is 17.1. The maximum Gasteiger partial charge on any atom is 0.227 e. The van der Waals surface area contributed by atoms with Crippen LogP contribution >= 0.6 is 0 Å². The summed E-state index contributed by atoms with van der Waals surface area (Å²) in [5.41, 5.74) is 1.86. The number of fused-ring (bicyclic) bond motifs is 1. The summed E-state index contributed by atoms with van der Waals surface area (Å²) in [5, 5.41) is 9.69. The van der Waals surface area contributed by atoms with E-state index in [1.165, 1.54) is 0 Å². The fourth-order valence-electron chi connectivity index (χ4n) is 2.67. The normalized spacial score (nSPS) is 13.8. The van der Waals surface area contributed by atoms with Gasteiger partial charge in [0.25, 0.3) is 0 Å². The number of nitrogens with zero attached hydrogens (tertiary/aromatic N) is 2. The average Bonchev–Trinajstić information content (AvgIpc) is 3.05. The Morgan fingerprint density at radius 2 is 2.29 bits per heavy atom. The number of halogens is 1. The summed E-state index contributed by atoms with van der Waals surface area (Å²) in [6.45, 7) is 5.35. The van der Waals surface area contributed by atoms with Gasteiger partial charge in [0.15, 0.2) is 5.82 Å². The molecule has 1 aromatic heterocycles. The van der Waals surface area contributed by atoms with E-state index in [-0.39, 0.29) is 29.8 Å². The fourth-order valence-corrected chi connectivity index (χ4v) is 2.67. The summed E-state index contributed by atoms with van der Waals surface area (Å²) in [5.74, 6) is 0.621. The second kappa shape index (κ2) is 7.09. The third kappa shape index (κ3) is 3.62. The molecule has 0 unspecified atom stereocenters. The molecule has 0 radical (unpaired) electrons. The minimum Gasteiger partial charge on any atom is -0.339 e. The zero-order valence-electron chi connectivity index (χ0n) is 13.9. The van der Waals surface area contributed by atoms with Crippen molar-refractivity contribution in [2.24, 2.45) is 0 Å². The molecule has 2 N–H and O–H groups in total. The molecule has 0 spiro atoms. The molecule has 1 amide bonds. The Morgan fingerprint density at radius 3 is 3.04 bits per heavy atom. The van der Waals surface area contributed by atoms with Crippen molar-refractivity contribution < 1.29 is 13.7 Å². The molecule has 0 bridgehead atoms. The van der Waals surface area contributed by atoms with Gasteiger partial charge in [0, 0.05) is 25.3 Å². The van der Waals surface area contributed by atoms with Gasteiger partial charge in [-0.3, -0.25) is 4.79 Å². The van der Waals surface area contributed by atoms with Gasteiger partial charge in [0.1, 0.15) is 5.82 Å². The third-order valence-corrected chi connectivity index (χ3v) is 4.05. The van der Waals surface area contributed by atoms with Crippen LogP contribution in [-0.4, -0.2) is 22.6 Å². The molecule has 6 nitrogen and oxygen atoms in total. The lowest BCUT2D eigenvalue weighted by molar-refractivity contribution is -0.116. The predicted molar refractivity (Wildman–Crippen MR) is 87.1 cm³/mol. The Morgan fingerprint density at radius 1 is 1.46 bits per heavy atom. The second-order valence-electron chi connectivity index (χ2n) is 6.24. The summed E-state index contributed by atoms with van der Waals surface area (Å²) in [6.07, 6.45) is 1.13. The summed E-state index contributed by atoms with van der Waals surface area (Å²) in [4.78, 5) is 16.3. The van der Waals surface area contributed by atoms with Crippen molar-refractivity contribution in [3.05, 3.63) is 40.8 Å². The molecule has 0 saturated carbocycles. The van der Waals surface area contributed by atoms with Gasteiger partial charge in [0.2, 0.25) is 11.8 Å². The molecular weight excluding hydrogens is 311 g/mol. The molecule has 3 rings (SSSR count). The number of aryl methyl sites for hydroxylation is 1. The molecule has 0 saturated heterocycles. The van der Waals surface area contributed by atoms with Gasteiger partial charge in [-0.05, 0) is 30.2 Å². The van der Waals surface area contributed by atoms with Crippen LogP contribution in [-0.2, 0) is 24.2 Å². The zero-order valence-corrected chi connectivity index (χ0v) is 13.9. The number of amides is 1. The highest BCUT2D eigenvalue weighted by Gasteiger charge is 2.18. The van der Waals surface area contributed by atoms with Gasteiger partial charge < -0.3 is 15.2 Å². The van der Waals surface area contributed by atoms with Crippen molar-refractivity contribution in [3.8, 4) is 0 Å². The fraction of sp³-hybridized carbons (Fsp3) is 0.471. The Kier molecular flexibility index (Phi) is 4.89. The van der Waals surface area contributed by atoms with E-state index in [9.17, 15) is 9.18 Å². The Bertz CT molecular complexity index is 742. The molecule has 0 fully saturated rings. The van der Waals surface area contributed by atoms with E-state index < -0.39 is 0 Å². The summed E-state index contributed by atoms with van der Waals surface area (Å²) in [6, 6.07) is 3.47. The Labute approximate surface area is 139 Å². The molecule has 1 aromatic carbocycles. The number of hydrogen-bond acceptors (Lipinski definition) is 5. The topological polar surface area (TPSA) is 80.0 Å². The number of nitrogens with one attached hydrogen (secondary N) is 2. The lowest BCUT2D eigenvalue weighted by Gasteiger charge is -2.19. The molecule has 128 valence electrons. The van der Waals surface area contributed by atoms with Crippen LogP contribution in [0.3, 0.4) is 0 Å². The first-order chi connectivity index (χ1) is 11.5. The number of carbonyl (C=O) groups is 1. The third-order valence-electron chi connectivity index (χ3n) is 4.05. The van der Waals surface area contributed by atoms with Gasteiger partial charge in [-0.2, -0.15) is 4.98 Å². The molecular formula is C17H21FN4O2. The first kappa shape index (κ1) is 16.6. The van der Waals surface area contributed by atoms with E-state index in [2.05, 4.69) is 20.8 Å². The molecule has 1 aliphatic heterocycles. The maximum absolute atomic E-state index is 14.5. The van der Waals surface area contributed by atoms with Crippen molar-refractivity contribution in [2.75, 3.05) is 11.9 Å². The first-order valence-corrected chi connectivity index (χ1v) is 8.18. The molecule has 24 heavy (non-hydrogen) atoms. The Balaban J connectivity index is 1.60. The number of anilines is 1. The van der Waals surface area contributed by atoms with Crippen molar-refractivity contribution >= 4 is 11.6 Å². The quantitative estimate of drug-likeness (QED) is 0.879. The van der Waals surface area contributed by atoms with Crippen LogP contribution in [0.2, 0.25) is 0 Å². The molecule has 0 aliphatic carbocycles. The number of carbonyl (C=O) groups excluding carboxylic acids is 1. The van der Waals surface area contributed by atoms with Crippen LogP contribution in [0.4, 0.5) is 10.1 Å². The van der Waals surface area contributed by atoms with E-state index in [1.807, 2.05) is 19.9 Å². The molecule has 1 aliphatic rings. The van der Waals surface area contributed by atoms with E-state index in [0.717, 1.165) is 12.1 Å². The van der Waals surface area contributed by atoms with Crippen molar-refractivity contribution in [2.45, 2.75) is 45.6 Å². The highest BCUT2D eigenvalue weighted by Crippen LogP contribution is 2.24. The largest absolute Gasteiger partial charge is 0.339 e. The van der Waals surface area contributed by atoms with Crippen LogP contribution in [0.1, 0.15) is 49.0 Å². The maximum atomic E-state index is 14.5. The van der Waals surface area contributed by atoms with E-state index in [0.29, 0.717) is 36.7 Å². The summed E-state index contributed by atoms with van der Waals surface area (Å²) in [7, 11) is 0. The second-order valence-corrected chi connectivity index (χ2v) is 6.24. The molecule has 2 heterocycles. The molecule has 0 atom stereocenters. The van der Waals surface area contributed by atoms with Crippen LogP contribution in [0, 0.1) is 5.82 Å². The number of aromatic nitrogens is 2. The molecule has 2 aromatic rings. The van der Waals surface area contributed by atoms with Gasteiger partial charge in [-0.15, -0.1) is 0 Å². The minimum absolute atomic E-state index is 0.164. The predicted octanol–water partition coefficient (Wildman–Crippen LogP) is 2.55. The van der Waals surface area contributed by atoms with Crippen molar-refractivity contribution in [1.29, 1.82) is 0 Å². The van der Waals surface area contributed by atoms with E-state index in [4.69, 9.17) is 4.52 Å². The lowest BCUT2D eigenvalue weighted by Crippen LogP contribution is -2.25. The van der Waals surface area contributed by atoms with Crippen LogP contribution in [0.25, 0.3) is 0 Å². The summed E-state index contributed by atoms with van der Waals surface area (Å²) >= 11 is 0. The SMILES string of the molecule is CC(C)c1noc(CCC(=O)Nc2ccc3c(c2F)CCNC3)n1. The van der Waals surface area contributed by atoms with Crippen molar-refractivity contribution in [3.63, 3.8) is 0 Å². The average molecular weight is 332 g/mol. The highest BCUT2D eigenvalue weighted by atomic mass is 19.1. The van der Waals surface area contributed by atoms with Gasteiger partial charge >= 0.3 is 0 Å². The van der Waals surface area contributed by atoms with Gasteiger partial charge in [0.05, 0.1) is 5.69 Å².